The molecule has 1 amide bonds. The number of anilines is 1. The molecular formula is C20H25FN4O. The first-order valence-electron chi connectivity index (χ1n) is 9.36. The fourth-order valence-corrected chi connectivity index (χ4v) is 4.13. The van der Waals surface area contributed by atoms with Crippen molar-refractivity contribution in [2.24, 2.45) is 0 Å². The Bertz CT molecular complexity index is 793. The van der Waals surface area contributed by atoms with Gasteiger partial charge in [-0.15, -0.1) is 0 Å². The molecule has 2 aromatic rings. The minimum Gasteiger partial charge on any atom is -0.380 e. The summed E-state index contributed by atoms with van der Waals surface area (Å²) in [6.07, 6.45) is 2.40. The summed E-state index contributed by atoms with van der Waals surface area (Å²) in [4.78, 5) is 20.7. The van der Waals surface area contributed by atoms with Crippen LogP contribution in [0.15, 0.2) is 36.5 Å². The minimum atomic E-state index is -0.873. The lowest BCUT2D eigenvalue weighted by Crippen LogP contribution is -2.42. The van der Waals surface area contributed by atoms with Crippen LogP contribution in [-0.2, 0) is 4.79 Å². The third-order valence-electron chi connectivity index (χ3n) is 5.48. The van der Waals surface area contributed by atoms with Crippen molar-refractivity contribution < 1.29 is 9.18 Å². The molecule has 2 fully saturated rings. The lowest BCUT2D eigenvalue weighted by atomic mass is 10.1. The quantitative estimate of drug-likeness (QED) is 0.915. The van der Waals surface area contributed by atoms with Gasteiger partial charge in [0.25, 0.3) is 0 Å². The predicted octanol–water partition coefficient (Wildman–Crippen LogP) is 2.68. The molecule has 1 aromatic carbocycles. The van der Waals surface area contributed by atoms with E-state index in [0.29, 0.717) is 19.0 Å². The highest BCUT2D eigenvalue weighted by Crippen LogP contribution is 2.24. The van der Waals surface area contributed by atoms with Crippen molar-refractivity contribution in [1.29, 1.82) is 0 Å². The second kappa shape index (κ2) is 7.19. The number of pyridine rings is 1. The van der Waals surface area contributed by atoms with Crippen molar-refractivity contribution in [2.75, 3.05) is 31.5 Å². The Balaban J connectivity index is 1.36. The van der Waals surface area contributed by atoms with Gasteiger partial charge in [-0.1, -0.05) is 18.2 Å². The second-order valence-corrected chi connectivity index (χ2v) is 7.47. The fourth-order valence-electron chi connectivity index (χ4n) is 4.13. The van der Waals surface area contributed by atoms with Gasteiger partial charge in [-0.2, -0.15) is 0 Å². The fraction of sp³-hybridized carbons (Fsp3) is 0.500. The monoisotopic (exact) mass is 356 g/mol. The van der Waals surface area contributed by atoms with Crippen LogP contribution < -0.4 is 5.32 Å². The summed E-state index contributed by atoms with van der Waals surface area (Å²) in [5.41, 5.74) is 2.06. The van der Waals surface area contributed by atoms with Gasteiger partial charge in [0, 0.05) is 48.9 Å². The summed E-state index contributed by atoms with van der Waals surface area (Å²) in [6.45, 7) is 4.27. The number of halogens is 1. The lowest BCUT2D eigenvalue weighted by Gasteiger charge is -2.24. The topological polar surface area (TPSA) is 48.5 Å². The smallest absolute Gasteiger partial charge is 0.237 e. The van der Waals surface area contributed by atoms with Crippen molar-refractivity contribution in [1.82, 2.24) is 14.8 Å². The molecule has 138 valence electrons. The molecule has 6 heteroatoms. The zero-order valence-electron chi connectivity index (χ0n) is 15.1. The zero-order valence-corrected chi connectivity index (χ0v) is 15.1. The number of rotatable bonds is 4. The SMILES string of the molecule is C[C@@H]1C[C@H](F)CN1C(=O)CN1CC[C@@H](Nc2ccnc3ccccc23)C1. The van der Waals surface area contributed by atoms with E-state index in [1.54, 1.807) is 4.90 Å². The van der Waals surface area contributed by atoms with Crippen molar-refractivity contribution >= 4 is 22.5 Å². The second-order valence-electron chi connectivity index (χ2n) is 7.47. The van der Waals surface area contributed by atoms with Gasteiger partial charge in [0.05, 0.1) is 18.6 Å². The number of nitrogens with zero attached hydrogens (tertiary/aromatic N) is 3. The summed E-state index contributed by atoms with van der Waals surface area (Å²) in [7, 11) is 0. The first kappa shape index (κ1) is 17.2. The van der Waals surface area contributed by atoms with Crippen LogP contribution >= 0.6 is 0 Å². The number of carbonyl (C=O) groups excluding carboxylic acids is 1. The molecule has 5 nitrogen and oxygen atoms in total. The van der Waals surface area contributed by atoms with Crippen LogP contribution in [0.2, 0.25) is 0 Å². The number of para-hydroxylation sites is 1. The summed E-state index contributed by atoms with van der Waals surface area (Å²) >= 11 is 0. The first-order chi connectivity index (χ1) is 12.6. The van der Waals surface area contributed by atoms with Crippen molar-refractivity contribution in [3.05, 3.63) is 36.5 Å². The molecule has 3 heterocycles. The first-order valence-corrected chi connectivity index (χ1v) is 9.36. The van der Waals surface area contributed by atoms with E-state index in [2.05, 4.69) is 21.3 Å². The van der Waals surface area contributed by atoms with Crippen LogP contribution in [0.25, 0.3) is 10.9 Å². The van der Waals surface area contributed by atoms with Gasteiger partial charge < -0.3 is 10.2 Å². The molecule has 0 unspecified atom stereocenters. The largest absolute Gasteiger partial charge is 0.380 e. The number of hydrogen-bond donors (Lipinski definition) is 1. The molecule has 2 saturated heterocycles. The maximum atomic E-state index is 13.5. The number of nitrogens with one attached hydrogen (secondary N) is 1. The number of carbonyl (C=O) groups is 1. The van der Waals surface area contributed by atoms with Gasteiger partial charge in [-0.05, 0) is 25.5 Å². The van der Waals surface area contributed by atoms with Crippen molar-refractivity contribution in [3.63, 3.8) is 0 Å². The van der Waals surface area contributed by atoms with E-state index in [1.807, 2.05) is 37.4 Å². The number of aromatic nitrogens is 1. The molecule has 0 spiro atoms. The van der Waals surface area contributed by atoms with E-state index < -0.39 is 6.17 Å². The number of amides is 1. The van der Waals surface area contributed by atoms with Gasteiger partial charge in [-0.25, -0.2) is 4.39 Å². The van der Waals surface area contributed by atoms with Crippen LogP contribution in [-0.4, -0.2) is 65.1 Å². The van der Waals surface area contributed by atoms with Gasteiger partial charge in [0.15, 0.2) is 0 Å². The highest BCUT2D eigenvalue weighted by atomic mass is 19.1. The minimum absolute atomic E-state index is 0.0113. The number of alkyl halides is 1. The van der Waals surface area contributed by atoms with Crippen LogP contribution in [0.5, 0.6) is 0 Å². The molecule has 3 atom stereocenters. The highest BCUT2D eigenvalue weighted by Gasteiger charge is 2.34. The number of benzene rings is 1. The summed E-state index contributed by atoms with van der Waals surface area (Å²) < 4.78 is 13.5. The Hall–Kier alpha value is -2.21. The Labute approximate surface area is 153 Å². The molecule has 1 aromatic heterocycles. The molecule has 4 rings (SSSR count). The third-order valence-corrected chi connectivity index (χ3v) is 5.48. The average molecular weight is 356 g/mol. The Kier molecular flexibility index (Phi) is 4.76. The molecule has 0 radical (unpaired) electrons. The average Bonchev–Trinajstić information content (AvgIpc) is 3.21. The summed E-state index contributed by atoms with van der Waals surface area (Å²) in [6, 6.07) is 10.4. The number of likely N-dealkylation sites (tertiary alicyclic amines) is 2. The standard InChI is InChI=1S/C20H25FN4O/c1-14-10-15(21)11-25(14)20(26)13-24-9-7-16(12-24)23-19-6-8-22-18-5-3-2-4-17(18)19/h2-6,8,14-16H,7,9-13H2,1H3,(H,22,23)/t14-,15+,16-/m1/s1. The van der Waals surface area contributed by atoms with Gasteiger partial charge >= 0.3 is 0 Å². The van der Waals surface area contributed by atoms with Gasteiger partial charge in [-0.3, -0.25) is 14.7 Å². The molecular weight excluding hydrogens is 331 g/mol. The maximum Gasteiger partial charge on any atom is 0.237 e. The molecule has 2 aliphatic rings. The van der Waals surface area contributed by atoms with E-state index in [9.17, 15) is 9.18 Å². The number of fused-ring (bicyclic) bond motifs is 1. The van der Waals surface area contributed by atoms with E-state index in [1.165, 1.54) is 0 Å². The molecule has 26 heavy (non-hydrogen) atoms. The summed E-state index contributed by atoms with van der Waals surface area (Å²) in [5.74, 6) is 0.0488. The Morgan fingerprint density at radius 1 is 1.31 bits per heavy atom. The van der Waals surface area contributed by atoms with Gasteiger partial charge in [0.2, 0.25) is 5.91 Å². The Morgan fingerprint density at radius 3 is 2.96 bits per heavy atom. The molecule has 0 saturated carbocycles. The van der Waals surface area contributed by atoms with Crippen LogP contribution in [0, 0.1) is 0 Å². The van der Waals surface area contributed by atoms with Crippen molar-refractivity contribution in [2.45, 2.75) is 38.0 Å². The van der Waals surface area contributed by atoms with Crippen LogP contribution in [0.3, 0.4) is 0 Å². The van der Waals surface area contributed by atoms with E-state index in [-0.39, 0.29) is 18.5 Å². The molecule has 0 bridgehead atoms. The maximum absolute atomic E-state index is 13.5. The van der Waals surface area contributed by atoms with Crippen molar-refractivity contribution in [3.8, 4) is 0 Å². The van der Waals surface area contributed by atoms with E-state index in [0.717, 1.165) is 36.1 Å². The highest BCUT2D eigenvalue weighted by molar-refractivity contribution is 5.91. The Morgan fingerprint density at radius 2 is 2.15 bits per heavy atom. The van der Waals surface area contributed by atoms with Gasteiger partial charge in [0.1, 0.15) is 6.17 Å². The van der Waals surface area contributed by atoms with Crippen LogP contribution in [0.1, 0.15) is 19.8 Å². The lowest BCUT2D eigenvalue weighted by molar-refractivity contribution is -0.132. The van der Waals surface area contributed by atoms with E-state index in [4.69, 9.17) is 0 Å². The van der Waals surface area contributed by atoms with Crippen LogP contribution in [0.4, 0.5) is 10.1 Å². The predicted molar refractivity (Wildman–Crippen MR) is 101 cm³/mol. The zero-order chi connectivity index (χ0) is 18.1. The normalized spacial score (nSPS) is 26.5. The molecule has 2 aliphatic heterocycles. The molecule has 0 aliphatic carbocycles. The molecule has 1 N–H and O–H groups in total. The third kappa shape index (κ3) is 3.51. The van der Waals surface area contributed by atoms with E-state index >= 15 is 0 Å². The number of hydrogen-bond acceptors (Lipinski definition) is 4. The summed E-state index contributed by atoms with van der Waals surface area (Å²) in [5, 5.41) is 4.72.